The quantitative estimate of drug-likeness (QED) is 0.822. The molecule has 6 heteroatoms. The zero-order valence-electron chi connectivity index (χ0n) is 13.9. The Morgan fingerprint density at radius 2 is 1.52 bits per heavy atom. The molecule has 122 valence electrons. The second kappa shape index (κ2) is 7.64. The van der Waals surface area contributed by atoms with Crippen molar-refractivity contribution >= 4 is 11.9 Å². The van der Waals surface area contributed by atoms with E-state index in [4.69, 9.17) is 5.73 Å². The molecule has 1 atom stereocenters. The molecule has 0 aromatic carbocycles. The molecule has 0 aliphatic carbocycles. The summed E-state index contributed by atoms with van der Waals surface area (Å²) in [6, 6.07) is 0.0733. The molecular formula is C15H30N4O2. The summed E-state index contributed by atoms with van der Waals surface area (Å²) in [4.78, 5) is 30.3. The first-order chi connectivity index (χ1) is 9.93. The van der Waals surface area contributed by atoms with Gasteiger partial charge in [-0.05, 0) is 27.2 Å². The lowest BCUT2D eigenvalue weighted by Crippen LogP contribution is -2.57. The average Bonchev–Trinajstić information content (AvgIpc) is 2.54. The highest BCUT2D eigenvalue weighted by Gasteiger charge is 2.36. The maximum atomic E-state index is 12.5. The molecule has 0 saturated carbocycles. The molecule has 1 heterocycles. The summed E-state index contributed by atoms with van der Waals surface area (Å²) in [6.45, 7) is 12.1. The Morgan fingerprint density at radius 1 is 1.05 bits per heavy atom. The van der Waals surface area contributed by atoms with Crippen LogP contribution in [0.15, 0.2) is 0 Å². The SMILES string of the molecule is CCN(CC)C(=O)N1CCN(C(=O)C(C)(CC)CN)CC1. The number of amides is 3. The predicted octanol–water partition coefficient (Wildman–Crippen LogP) is 0.967. The van der Waals surface area contributed by atoms with Gasteiger partial charge in [0.2, 0.25) is 5.91 Å². The molecule has 0 spiro atoms. The van der Waals surface area contributed by atoms with E-state index in [1.165, 1.54) is 0 Å². The van der Waals surface area contributed by atoms with Gasteiger partial charge in [-0.2, -0.15) is 0 Å². The van der Waals surface area contributed by atoms with Crippen LogP contribution >= 0.6 is 0 Å². The molecule has 21 heavy (non-hydrogen) atoms. The number of rotatable bonds is 5. The topological polar surface area (TPSA) is 69.9 Å². The van der Waals surface area contributed by atoms with Crippen molar-refractivity contribution in [3.05, 3.63) is 0 Å². The maximum Gasteiger partial charge on any atom is 0.320 e. The first kappa shape index (κ1) is 17.8. The van der Waals surface area contributed by atoms with Crippen molar-refractivity contribution in [3.8, 4) is 0 Å². The lowest BCUT2D eigenvalue weighted by molar-refractivity contribution is -0.142. The van der Waals surface area contributed by atoms with Gasteiger partial charge >= 0.3 is 6.03 Å². The van der Waals surface area contributed by atoms with Crippen molar-refractivity contribution in [2.75, 3.05) is 45.8 Å². The van der Waals surface area contributed by atoms with Crippen LogP contribution in [0, 0.1) is 5.41 Å². The second-order valence-corrected chi connectivity index (χ2v) is 5.85. The Balaban J connectivity index is 2.60. The minimum Gasteiger partial charge on any atom is -0.339 e. The van der Waals surface area contributed by atoms with Crippen LogP contribution in [0.4, 0.5) is 4.79 Å². The summed E-state index contributed by atoms with van der Waals surface area (Å²) >= 11 is 0. The van der Waals surface area contributed by atoms with E-state index >= 15 is 0 Å². The Bertz CT molecular complexity index is 357. The van der Waals surface area contributed by atoms with Crippen molar-refractivity contribution in [3.63, 3.8) is 0 Å². The van der Waals surface area contributed by atoms with Crippen LogP contribution in [0.2, 0.25) is 0 Å². The predicted molar refractivity (Wildman–Crippen MR) is 83.9 cm³/mol. The Hall–Kier alpha value is -1.30. The van der Waals surface area contributed by atoms with Gasteiger partial charge in [0.1, 0.15) is 0 Å². The zero-order valence-corrected chi connectivity index (χ0v) is 13.9. The molecule has 0 aromatic heterocycles. The van der Waals surface area contributed by atoms with Crippen molar-refractivity contribution in [1.29, 1.82) is 0 Å². The summed E-state index contributed by atoms with van der Waals surface area (Å²) in [5, 5.41) is 0. The van der Waals surface area contributed by atoms with Crippen molar-refractivity contribution < 1.29 is 9.59 Å². The summed E-state index contributed by atoms with van der Waals surface area (Å²) < 4.78 is 0. The first-order valence-electron chi connectivity index (χ1n) is 7.96. The fraction of sp³-hybridized carbons (Fsp3) is 0.867. The third-order valence-corrected chi connectivity index (χ3v) is 4.62. The number of hydrogen-bond acceptors (Lipinski definition) is 3. The van der Waals surface area contributed by atoms with Gasteiger partial charge in [-0.15, -0.1) is 0 Å². The Morgan fingerprint density at radius 3 is 1.90 bits per heavy atom. The third kappa shape index (κ3) is 3.87. The van der Waals surface area contributed by atoms with E-state index in [-0.39, 0.29) is 11.9 Å². The van der Waals surface area contributed by atoms with Gasteiger partial charge in [-0.3, -0.25) is 4.79 Å². The molecule has 6 nitrogen and oxygen atoms in total. The summed E-state index contributed by atoms with van der Waals surface area (Å²) in [5.74, 6) is 0.113. The van der Waals surface area contributed by atoms with Crippen molar-refractivity contribution in [1.82, 2.24) is 14.7 Å². The number of piperazine rings is 1. The number of carbonyl (C=O) groups is 2. The van der Waals surface area contributed by atoms with E-state index in [1.807, 2.05) is 42.4 Å². The summed E-state index contributed by atoms with van der Waals surface area (Å²) in [6.07, 6.45) is 0.737. The lowest BCUT2D eigenvalue weighted by atomic mass is 9.86. The monoisotopic (exact) mass is 298 g/mol. The molecule has 1 rings (SSSR count). The van der Waals surface area contributed by atoms with E-state index in [2.05, 4.69) is 0 Å². The van der Waals surface area contributed by atoms with E-state index in [9.17, 15) is 9.59 Å². The minimum atomic E-state index is -0.481. The van der Waals surface area contributed by atoms with Crippen LogP contribution in [-0.2, 0) is 4.79 Å². The Labute approximate surface area is 128 Å². The number of hydrogen-bond donors (Lipinski definition) is 1. The van der Waals surface area contributed by atoms with Crippen LogP contribution in [0.5, 0.6) is 0 Å². The minimum absolute atomic E-state index is 0.0733. The van der Waals surface area contributed by atoms with Crippen LogP contribution in [-0.4, -0.2) is 72.5 Å². The Kier molecular flexibility index (Phi) is 6.45. The fourth-order valence-corrected chi connectivity index (χ4v) is 2.56. The molecular weight excluding hydrogens is 268 g/mol. The smallest absolute Gasteiger partial charge is 0.320 e. The van der Waals surface area contributed by atoms with Crippen LogP contribution in [0.1, 0.15) is 34.1 Å². The van der Waals surface area contributed by atoms with Gasteiger partial charge in [0, 0.05) is 45.8 Å². The molecule has 0 aromatic rings. The highest BCUT2D eigenvalue weighted by atomic mass is 16.2. The molecule has 3 amide bonds. The molecule has 1 aliphatic rings. The number of nitrogens with two attached hydrogens (primary N) is 1. The summed E-state index contributed by atoms with van der Waals surface area (Å²) in [5.41, 5.74) is 5.28. The van der Waals surface area contributed by atoms with E-state index in [1.54, 1.807) is 0 Å². The van der Waals surface area contributed by atoms with Gasteiger partial charge < -0.3 is 20.4 Å². The molecule has 1 saturated heterocycles. The second-order valence-electron chi connectivity index (χ2n) is 5.85. The molecule has 0 radical (unpaired) electrons. The number of carbonyl (C=O) groups excluding carboxylic acids is 2. The molecule has 1 fully saturated rings. The zero-order chi connectivity index (χ0) is 16.0. The molecule has 1 unspecified atom stereocenters. The largest absolute Gasteiger partial charge is 0.339 e. The molecule has 2 N–H and O–H groups in total. The number of urea groups is 1. The normalized spacial score (nSPS) is 18.3. The van der Waals surface area contributed by atoms with Gasteiger partial charge in [-0.1, -0.05) is 6.92 Å². The summed E-state index contributed by atoms with van der Waals surface area (Å²) in [7, 11) is 0. The van der Waals surface area contributed by atoms with E-state index in [0.717, 1.165) is 19.5 Å². The molecule has 1 aliphatic heterocycles. The molecule has 0 bridgehead atoms. The van der Waals surface area contributed by atoms with Gasteiger partial charge in [0.25, 0.3) is 0 Å². The van der Waals surface area contributed by atoms with Gasteiger partial charge in [0.15, 0.2) is 0 Å². The van der Waals surface area contributed by atoms with Gasteiger partial charge in [0.05, 0.1) is 5.41 Å². The highest BCUT2D eigenvalue weighted by molar-refractivity contribution is 5.83. The van der Waals surface area contributed by atoms with Crippen molar-refractivity contribution in [2.45, 2.75) is 34.1 Å². The van der Waals surface area contributed by atoms with Crippen molar-refractivity contribution in [2.24, 2.45) is 11.1 Å². The first-order valence-corrected chi connectivity index (χ1v) is 7.96. The standard InChI is InChI=1S/C15H30N4O2/c1-5-15(4,12-16)13(20)18-8-10-19(11-9-18)14(21)17(6-2)7-3/h5-12,16H2,1-4H3. The lowest BCUT2D eigenvalue weighted by Gasteiger charge is -2.40. The van der Waals surface area contributed by atoms with E-state index in [0.29, 0.717) is 32.7 Å². The fourth-order valence-electron chi connectivity index (χ4n) is 2.56. The number of nitrogens with zero attached hydrogens (tertiary/aromatic N) is 3. The highest BCUT2D eigenvalue weighted by Crippen LogP contribution is 2.23. The third-order valence-electron chi connectivity index (χ3n) is 4.62. The van der Waals surface area contributed by atoms with Crippen LogP contribution in [0.25, 0.3) is 0 Å². The van der Waals surface area contributed by atoms with Crippen LogP contribution in [0.3, 0.4) is 0 Å². The van der Waals surface area contributed by atoms with Crippen LogP contribution < -0.4 is 5.73 Å². The van der Waals surface area contributed by atoms with E-state index < -0.39 is 5.41 Å². The average molecular weight is 298 g/mol. The maximum absolute atomic E-state index is 12.5. The van der Waals surface area contributed by atoms with Gasteiger partial charge in [-0.25, -0.2) is 4.79 Å².